The fourth-order valence-electron chi connectivity index (χ4n) is 2.27. The lowest BCUT2D eigenvalue weighted by Crippen LogP contribution is -2.51. The van der Waals surface area contributed by atoms with Gasteiger partial charge >= 0.3 is 0 Å². The maximum atomic E-state index is 11.8. The van der Waals surface area contributed by atoms with E-state index < -0.39 is 0 Å². The van der Waals surface area contributed by atoms with E-state index in [1.54, 1.807) is 0 Å². The molecule has 0 spiro atoms. The monoisotopic (exact) mass is 211 g/mol. The van der Waals surface area contributed by atoms with E-state index in [4.69, 9.17) is 0 Å². The van der Waals surface area contributed by atoms with Crippen LogP contribution in [0, 0.1) is 5.92 Å². The van der Waals surface area contributed by atoms with Crippen molar-refractivity contribution in [2.75, 3.05) is 33.2 Å². The van der Waals surface area contributed by atoms with Gasteiger partial charge in [-0.3, -0.25) is 4.79 Å². The normalized spacial score (nSPS) is 32.1. The average Bonchev–Trinajstić information content (AvgIpc) is 2.15. The van der Waals surface area contributed by atoms with Gasteiger partial charge in [0.15, 0.2) is 0 Å². The molecule has 4 nitrogen and oxygen atoms in total. The summed E-state index contributed by atoms with van der Waals surface area (Å²) >= 11 is 0. The standard InChI is InChI=1S/C11H21N3O/c1-14-6-2-3-9(8-14)11(15)13-7-10-4-5-12-10/h9-10,12H,2-8H2,1H3,(H,13,15). The van der Waals surface area contributed by atoms with Crippen molar-refractivity contribution in [2.45, 2.75) is 25.3 Å². The summed E-state index contributed by atoms with van der Waals surface area (Å²) in [6, 6.07) is 0.523. The van der Waals surface area contributed by atoms with Crippen molar-refractivity contribution in [1.82, 2.24) is 15.5 Å². The summed E-state index contributed by atoms with van der Waals surface area (Å²) in [5.74, 6) is 0.457. The van der Waals surface area contributed by atoms with E-state index in [1.807, 2.05) is 0 Å². The maximum absolute atomic E-state index is 11.8. The molecule has 2 atom stereocenters. The molecule has 15 heavy (non-hydrogen) atoms. The first kappa shape index (κ1) is 10.9. The van der Waals surface area contributed by atoms with Crippen molar-refractivity contribution in [3.8, 4) is 0 Å². The summed E-state index contributed by atoms with van der Waals surface area (Å²) in [6.45, 7) is 3.96. The van der Waals surface area contributed by atoms with Gasteiger partial charge in [-0.1, -0.05) is 0 Å². The SMILES string of the molecule is CN1CCCC(C(=O)NCC2CCN2)C1. The highest BCUT2D eigenvalue weighted by atomic mass is 16.1. The number of carbonyl (C=O) groups is 1. The van der Waals surface area contributed by atoms with Crippen molar-refractivity contribution in [3.05, 3.63) is 0 Å². The molecule has 0 aliphatic carbocycles. The number of carbonyl (C=O) groups excluding carboxylic acids is 1. The number of rotatable bonds is 3. The minimum Gasteiger partial charge on any atom is -0.354 e. The first-order valence-electron chi connectivity index (χ1n) is 5.95. The molecule has 0 radical (unpaired) electrons. The molecule has 2 N–H and O–H groups in total. The fraction of sp³-hybridized carbons (Fsp3) is 0.909. The molecule has 2 aliphatic rings. The molecule has 0 bridgehead atoms. The van der Waals surface area contributed by atoms with Crippen molar-refractivity contribution in [1.29, 1.82) is 0 Å². The molecule has 2 rings (SSSR count). The van der Waals surface area contributed by atoms with Crippen LogP contribution in [0.2, 0.25) is 0 Å². The van der Waals surface area contributed by atoms with Gasteiger partial charge in [0.1, 0.15) is 0 Å². The Morgan fingerprint density at radius 1 is 1.53 bits per heavy atom. The number of amides is 1. The van der Waals surface area contributed by atoms with Gasteiger partial charge in [-0.25, -0.2) is 0 Å². The molecule has 0 aromatic heterocycles. The Kier molecular flexibility index (Phi) is 3.59. The molecule has 2 unspecified atom stereocenters. The second-order valence-electron chi connectivity index (χ2n) is 4.79. The number of nitrogens with one attached hydrogen (secondary N) is 2. The predicted octanol–water partition coefficient (Wildman–Crippen LogP) is -0.194. The highest BCUT2D eigenvalue weighted by Crippen LogP contribution is 2.15. The van der Waals surface area contributed by atoms with E-state index >= 15 is 0 Å². The van der Waals surface area contributed by atoms with Crippen LogP contribution in [-0.4, -0.2) is 50.1 Å². The minimum absolute atomic E-state index is 0.212. The number of hydrogen-bond acceptors (Lipinski definition) is 3. The quantitative estimate of drug-likeness (QED) is 0.680. The number of piperidine rings is 1. The minimum atomic E-state index is 0.212. The summed E-state index contributed by atoms with van der Waals surface area (Å²) in [4.78, 5) is 14.1. The second kappa shape index (κ2) is 4.94. The summed E-state index contributed by atoms with van der Waals surface area (Å²) in [5, 5.41) is 6.33. The van der Waals surface area contributed by atoms with Crippen LogP contribution in [0.4, 0.5) is 0 Å². The third kappa shape index (κ3) is 2.92. The molecular weight excluding hydrogens is 190 g/mol. The highest BCUT2D eigenvalue weighted by molar-refractivity contribution is 5.79. The van der Waals surface area contributed by atoms with E-state index in [9.17, 15) is 4.79 Å². The second-order valence-corrected chi connectivity index (χ2v) is 4.79. The van der Waals surface area contributed by atoms with Crippen molar-refractivity contribution in [2.24, 2.45) is 5.92 Å². The third-order valence-corrected chi connectivity index (χ3v) is 3.44. The van der Waals surface area contributed by atoms with E-state index in [-0.39, 0.29) is 11.8 Å². The van der Waals surface area contributed by atoms with Crippen LogP contribution >= 0.6 is 0 Å². The molecule has 2 fully saturated rings. The van der Waals surface area contributed by atoms with E-state index in [1.165, 1.54) is 6.42 Å². The Morgan fingerprint density at radius 3 is 2.93 bits per heavy atom. The number of nitrogens with zero attached hydrogens (tertiary/aromatic N) is 1. The van der Waals surface area contributed by atoms with Gasteiger partial charge in [0.25, 0.3) is 0 Å². The van der Waals surface area contributed by atoms with Gasteiger partial charge in [-0.2, -0.15) is 0 Å². The van der Waals surface area contributed by atoms with Crippen LogP contribution in [-0.2, 0) is 4.79 Å². The Balaban J connectivity index is 1.69. The summed E-state index contributed by atoms with van der Waals surface area (Å²) in [5.41, 5.74) is 0. The smallest absolute Gasteiger partial charge is 0.224 e. The van der Waals surface area contributed by atoms with E-state index in [2.05, 4.69) is 22.6 Å². The number of likely N-dealkylation sites (tertiary alicyclic amines) is 1. The first-order chi connectivity index (χ1) is 7.25. The Morgan fingerprint density at radius 2 is 2.33 bits per heavy atom. The zero-order chi connectivity index (χ0) is 10.7. The first-order valence-corrected chi connectivity index (χ1v) is 5.95. The van der Waals surface area contributed by atoms with Crippen LogP contribution in [0.15, 0.2) is 0 Å². The van der Waals surface area contributed by atoms with Crippen molar-refractivity contribution >= 4 is 5.91 Å². The summed E-state index contributed by atoms with van der Waals surface area (Å²) in [6.07, 6.45) is 3.40. The molecular formula is C11H21N3O. The Bertz CT molecular complexity index is 228. The van der Waals surface area contributed by atoms with Gasteiger partial charge in [0, 0.05) is 19.1 Å². The van der Waals surface area contributed by atoms with E-state index in [0.29, 0.717) is 6.04 Å². The molecule has 2 aliphatic heterocycles. The van der Waals surface area contributed by atoms with Gasteiger partial charge in [-0.05, 0) is 39.4 Å². The maximum Gasteiger partial charge on any atom is 0.224 e. The van der Waals surface area contributed by atoms with Crippen molar-refractivity contribution in [3.63, 3.8) is 0 Å². The van der Waals surface area contributed by atoms with E-state index in [0.717, 1.165) is 39.0 Å². The molecule has 86 valence electrons. The van der Waals surface area contributed by atoms with Gasteiger partial charge < -0.3 is 15.5 Å². The van der Waals surface area contributed by atoms with Crippen LogP contribution in [0.25, 0.3) is 0 Å². The Hall–Kier alpha value is -0.610. The lowest BCUT2D eigenvalue weighted by molar-refractivity contribution is -0.126. The topological polar surface area (TPSA) is 44.4 Å². The van der Waals surface area contributed by atoms with Crippen molar-refractivity contribution < 1.29 is 4.79 Å². The largest absolute Gasteiger partial charge is 0.354 e. The zero-order valence-corrected chi connectivity index (χ0v) is 9.46. The Labute approximate surface area is 91.4 Å². The predicted molar refractivity (Wildman–Crippen MR) is 59.6 cm³/mol. The highest BCUT2D eigenvalue weighted by Gasteiger charge is 2.25. The van der Waals surface area contributed by atoms with Crippen LogP contribution in [0.1, 0.15) is 19.3 Å². The molecule has 4 heteroatoms. The van der Waals surface area contributed by atoms with Crippen LogP contribution < -0.4 is 10.6 Å². The molecule has 0 aromatic rings. The molecule has 1 amide bonds. The number of hydrogen-bond donors (Lipinski definition) is 2. The summed E-state index contributed by atoms with van der Waals surface area (Å²) < 4.78 is 0. The lowest BCUT2D eigenvalue weighted by atomic mass is 9.97. The average molecular weight is 211 g/mol. The van der Waals surface area contributed by atoms with Crippen LogP contribution in [0.5, 0.6) is 0 Å². The fourth-order valence-corrected chi connectivity index (χ4v) is 2.27. The zero-order valence-electron chi connectivity index (χ0n) is 9.46. The molecule has 0 saturated carbocycles. The molecule has 0 aromatic carbocycles. The van der Waals surface area contributed by atoms with Gasteiger partial charge in [-0.15, -0.1) is 0 Å². The van der Waals surface area contributed by atoms with Gasteiger partial charge in [0.2, 0.25) is 5.91 Å². The van der Waals surface area contributed by atoms with Crippen LogP contribution in [0.3, 0.4) is 0 Å². The third-order valence-electron chi connectivity index (χ3n) is 3.44. The van der Waals surface area contributed by atoms with Gasteiger partial charge in [0.05, 0.1) is 5.92 Å². The lowest BCUT2D eigenvalue weighted by Gasteiger charge is -2.31. The molecule has 2 saturated heterocycles. The molecule has 2 heterocycles. The summed E-state index contributed by atoms with van der Waals surface area (Å²) in [7, 11) is 2.09.